The van der Waals surface area contributed by atoms with Crippen LogP contribution in [0, 0.1) is 5.92 Å². The van der Waals surface area contributed by atoms with Gasteiger partial charge in [0, 0.05) is 44.4 Å². The van der Waals surface area contributed by atoms with Crippen molar-refractivity contribution in [3.8, 4) is 0 Å². The summed E-state index contributed by atoms with van der Waals surface area (Å²) in [6.07, 6.45) is 4.19. The summed E-state index contributed by atoms with van der Waals surface area (Å²) in [6.45, 7) is 3.47. The van der Waals surface area contributed by atoms with Crippen LogP contribution in [0.3, 0.4) is 0 Å². The van der Waals surface area contributed by atoms with Crippen molar-refractivity contribution in [2.75, 3.05) is 24.6 Å². The Bertz CT molecular complexity index is 765. The first-order valence-electron chi connectivity index (χ1n) is 8.62. The maximum absolute atomic E-state index is 12.3. The van der Waals surface area contributed by atoms with Crippen LogP contribution < -0.4 is 10.2 Å². The average molecular weight is 410 g/mol. The zero-order valence-electron chi connectivity index (χ0n) is 15.3. The third-order valence-electron chi connectivity index (χ3n) is 3.86. The van der Waals surface area contributed by atoms with Gasteiger partial charge in [-0.25, -0.2) is 4.98 Å². The zero-order chi connectivity index (χ0) is 20.4. The number of anilines is 1. The standard InChI is InChI=1S/C15H20N6O3S.CH2O2/c1-2-24-8-12-19-20-15(25-12)21-7-10(5-13(21)22)14(23)17-4-3-11-6-16-9-18-11;2-1-3/h6,9-10H,2-5,7-8H2,1H3,(H,16,18)(H,17,23);1H,(H,2,3). The average Bonchev–Trinajstić information content (AvgIpc) is 3.41. The Morgan fingerprint density at radius 2 is 2.32 bits per heavy atom. The molecular weight excluding hydrogens is 388 g/mol. The second-order valence-corrected chi connectivity index (χ2v) is 6.78. The predicted molar refractivity (Wildman–Crippen MR) is 99.7 cm³/mol. The molecule has 1 fully saturated rings. The molecule has 0 bridgehead atoms. The minimum absolute atomic E-state index is 0.104. The summed E-state index contributed by atoms with van der Waals surface area (Å²) < 4.78 is 5.29. The van der Waals surface area contributed by atoms with Gasteiger partial charge >= 0.3 is 0 Å². The Kier molecular flexibility index (Phi) is 8.49. The molecule has 3 heterocycles. The minimum atomic E-state index is -0.367. The monoisotopic (exact) mass is 410 g/mol. The Morgan fingerprint density at radius 3 is 3.00 bits per heavy atom. The highest BCUT2D eigenvalue weighted by molar-refractivity contribution is 7.15. The van der Waals surface area contributed by atoms with Crippen molar-refractivity contribution < 1.29 is 24.2 Å². The summed E-state index contributed by atoms with van der Waals surface area (Å²) in [6, 6.07) is 0. The topological polar surface area (TPSA) is 150 Å². The molecule has 2 aromatic heterocycles. The van der Waals surface area contributed by atoms with Crippen LogP contribution in [-0.2, 0) is 32.1 Å². The van der Waals surface area contributed by atoms with E-state index in [1.54, 1.807) is 12.5 Å². The summed E-state index contributed by atoms with van der Waals surface area (Å²) in [4.78, 5) is 41.3. The summed E-state index contributed by atoms with van der Waals surface area (Å²) in [5.74, 6) is -0.587. The lowest BCUT2D eigenvalue weighted by Gasteiger charge is -2.12. The summed E-state index contributed by atoms with van der Waals surface area (Å²) in [5.41, 5.74) is 0.958. The number of carbonyl (C=O) groups is 3. The molecule has 152 valence electrons. The Morgan fingerprint density at radius 1 is 1.54 bits per heavy atom. The molecule has 11 nitrogen and oxygen atoms in total. The van der Waals surface area contributed by atoms with Gasteiger partial charge < -0.3 is 20.1 Å². The molecule has 12 heteroatoms. The summed E-state index contributed by atoms with van der Waals surface area (Å²) in [7, 11) is 0. The molecule has 3 N–H and O–H groups in total. The van der Waals surface area contributed by atoms with Gasteiger partial charge in [0.2, 0.25) is 16.9 Å². The van der Waals surface area contributed by atoms with Gasteiger partial charge in [-0.05, 0) is 6.92 Å². The highest BCUT2D eigenvalue weighted by Gasteiger charge is 2.36. The minimum Gasteiger partial charge on any atom is -0.483 e. The Balaban J connectivity index is 0.000000878. The quantitative estimate of drug-likeness (QED) is 0.523. The molecular formula is C16H22N6O5S. The molecule has 1 aliphatic rings. The van der Waals surface area contributed by atoms with Crippen molar-refractivity contribution in [2.45, 2.75) is 26.4 Å². The molecule has 0 saturated carbocycles. The number of aromatic nitrogens is 4. The smallest absolute Gasteiger partial charge is 0.290 e. The molecule has 1 unspecified atom stereocenters. The molecule has 0 spiro atoms. The van der Waals surface area contributed by atoms with Crippen molar-refractivity contribution in [1.29, 1.82) is 0 Å². The van der Waals surface area contributed by atoms with E-state index in [2.05, 4.69) is 25.5 Å². The number of imidazole rings is 1. The number of rotatable bonds is 8. The van der Waals surface area contributed by atoms with Crippen LogP contribution in [-0.4, -0.2) is 63.3 Å². The van der Waals surface area contributed by atoms with Crippen molar-refractivity contribution in [3.05, 3.63) is 23.2 Å². The van der Waals surface area contributed by atoms with E-state index < -0.39 is 0 Å². The SMILES string of the molecule is CCOCc1nnc(N2CC(C(=O)NCCc3cnc[nH]3)CC2=O)s1.O=CO. The first-order valence-corrected chi connectivity index (χ1v) is 9.44. The van der Waals surface area contributed by atoms with Crippen molar-refractivity contribution in [1.82, 2.24) is 25.5 Å². The van der Waals surface area contributed by atoms with Crippen molar-refractivity contribution >= 4 is 34.8 Å². The number of hydrogen-bond acceptors (Lipinski definition) is 8. The first kappa shape index (κ1) is 21.4. The van der Waals surface area contributed by atoms with E-state index in [0.717, 1.165) is 10.7 Å². The van der Waals surface area contributed by atoms with E-state index in [4.69, 9.17) is 14.6 Å². The molecule has 1 atom stereocenters. The molecule has 1 aliphatic heterocycles. The number of nitrogens with zero attached hydrogens (tertiary/aromatic N) is 4. The second-order valence-electron chi connectivity index (χ2n) is 5.74. The molecule has 3 rings (SSSR count). The number of aromatic amines is 1. The summed E-state index contributed by atoms with van der Waals surface area (Å²) >= 11 is 1.32. The lowest BCUT2D eigenvalue weighted by molar-refractivity contribution is -0.126. The fraction of sp³-hybridized carbons (Fsp3) is 0.500. The molecule has 0 aliphatic carbocycles. The Labute approximate surface area is 165 Å². The zero-order valence-corrected chi connectivity index (χ0v) is 16.1. The van der Waals surface area contributed by atoms with Crippen molar-refractivity contribution in [2.24, 2.45) is 5.92 Å². The lowest BCUT2D eigenvalue weighted by atomic mass is 10.1. The van der Waals surface area contributed by atoms with Crippen LogP contribution in [0.2, 0.25) is 0 Å². The van der Waals surface area contributed by atoms with Gasteiger partial charge in [0.1, 0.15) is 11.6 Å². The highest BCUT2D eigenvalue weighted by atomic mass is 32.1. The van der Waals surface area contributed by atoms with E-state index in [9.17, 15) is 9.59 Å². The lowest BCUT2D eigenvalue weighted by Crippen LogP contribution is -2.34. The van der Waals surface area contributed by atoms with Crippen LogP contribution in [0.4, 0.5) is 5.13 Å². The van der Waals surface area contributed by atoms with E-state index in [1.807, 2.05) is 6.92 Å². The van der Waals surface area contributed by atoms with Crippen LogP contribution in [0.25, 0.3) is 0 Å². The fourth-order valence-corrected chi connectivity index (χ4v) is 3.36. The predicted octanol–water partition coefficient (Wildman–Crippen LogP) is 0.210. The van der Waals surface area contributed by atoms with Crippen molar-refractivity contribution in [3.63, 3.8) is 0 Å². The third kappa shape index (κ3) is 6.09. The summed E-state index contributed by atoms with van der Waals surface area (Å²) in [5, 5.41) is 19.1. The van der Waals surface area contributed by atoms with Crippen LogP contribution in [0.15, 0.2) is 12.5 Å². The molecule has 2 aromatic rings. The van der Waals surface area contributed by atoms with Gasteiger partial charge in [0.15, 0.2) is 0 Å². The van der Waals surface area contributed by atoms with Gasteiger partial charge in [0.05, 0.1) is 12.2 Å². The number of carboxylic acid groups (broad SMARTS) is 1. The van der Waals surface area contributed by atoms with E-state index in [-0.39, 0.29) is 30.6 Å². The highest BCUT2D eigenvalue weighted by Crippen LogP contribution is 2.28. The van der Waals surface area contributed by atoms with Crippen LogP contribution >= 0.6 is 11.3 Å². The van der Waals surface area contributed by atoms with Crippen LogP contribution in [0.5, 0.6) is 0 Å². The molecule has 2 amide bonds. The third-order valence-corrected chi connectivity index (χ3v) is 4.78. The van der Waals surface area contributed by atoms with Gasteiger partial charge in [-0.1, -0.05) is 11.3 Å². The number of H-pyrrole nitrogens is 1. The number of amides is 2. The normalized spacial score (nSPS) is 15.8. The maximum atomic E-state index is 12.3. The number of ether oxygens (including phenoxy) is 1. The number of carbonyl (C=O) groups excluding carboxylic acids is 2. The molecule has 0 radical (unpaired) electrons. The van der Waals surface area contributed by atoms with E-state index >= 15 is 0 Å². The van der Waals surface area contributed by atoms with Gasteiger partial charge in [-0.3, -0.25) is 19.3 Å². The van der Waals surface area contributed by atoms with E-state index in [0.29, 0.717) is 37.9 Å². The number of hydrogen-bond donors (Lipinski definition) is 3. The molecule has 0 aromatic carbocycles. The molecule has 1 saturated heterocycles. The van der Waals surface area contributed by atoms with Crippen LogP contribution in [0.1, 0.15) is 24.0 Å². The largest absolute Gasteiger partial charge is 0.483 e. The first-order chi connectivity index (χ1) is 13.6. The second kappa shape index (κ2) is 11.1. The van der Waals surface area contributed by atoms with Gasteiger partial charge in [-0.15, -0.1) is 10.2 Å². The van der Waals surface area contributed by atoms with Gasteiger partial charge in [0.25, 0.3) is 6.47 Å². The maximum Gasteiger partial charge on any atom is 0.290 e. The molecule has 28 heavy (non-hydrogen) atoms. The fourth-order valence-electron chi connectivity index (χ4n) is 2.56. The van der Waals surface area contributed by atoms with E-state index in [1.165, 1.54) is 16.2 Å². The number of nitrogens with one attached hydrogen (secondary N) is 2. The van der Waals surface area contributed by atoms with Gasteiger partial charge in [-0.2, -0.15) is 0 Å². The Hall–Kier alpha value is -2.86.